The lowest BCUT2D eigenvalue weighted by Gasteiger charge is -2.13. The molecule has 3 nitrogen and oxygen atoms in total. The summed E-state index contributed by atoms with van der Waals surface area (Å²) < 4.78 is 27.3. The fourth-order valence-electron chi connectivity index (χ4n) is 1.46. The maximum atomic E-state index is 11.9. The summed E-state index contributed by atoms with van der Waals surface area (Å²) >= 11 is 3.26. The third-order valence-electron chi connectivity index (χ3n) is 2.18. The summed E-state index contributed by atoms with van der Waals surface area (Å²) in [5, 5.41) is 0. The third-order valence-corrected chi connectivity index (χ3v) is 4.26. The van der Waals surface area contributed by atoms with Gasteiger partial charge < -0.3 is 0 Å². The summed E-state index contributed by atoms with van der Waals surface area (Å²) in [5.41, 5.74) is 0. The fraction of sp³-hybridized carbons (Fsp3) is 0.455. The predicted molar refractivity (Wildman–Crippen MR) is 68.8 cm³/mol. The van der Waals surface area contributed by atoms with Gasteiger partial charge in [-0.2, -0.15) is 0 Å². The molecule has 1 aromatic carbocycles. The zero-order valence-corrected chi connectivity index (χ0v) is 11.8. The van der Waals surface area contributed by atoms with E-state index < -0.39 is 10.0 Å². The number of rotatable bonds is 5. The van der Waals surface area contributed by atoms with Crippen LogP contribution in [0.2, 0.25) is 0 Å². The van der Waals surface area contributed by atoms with Gasteiger partial charge in [-0.25, -0.2) is 13.1 Å². The average molecular weight is 306 g/mol. The lowest BCUT2D eigenvalue weighted by Crippen LogP contribution is -2.32. The first kappa shape index (κ1) is 13.7. The van der Waals surface area contributed by atoms with E-state index in [9.17, 15) is 8.42 Å². The number of sulfonamides is 1. The second-order valence-corrected chi connectivity index (χ2v) is 6.40. The van der Waals surface area contributed by atoms with Gasteiger partial charge in [-0.05, 0) is 31.5 Å². The predicted octanol–water partition coefficient (Wildman–Crippen LogP) is 2.92. The minimum Gasteiger partial charge on any atom is -0.208 e. The van der Waals surface area contributed by atoms with Gasteiger partial charge in [-0.3, -0.25) is 0 Å². The normalized spacial score (nSPS) is 13.7. The van der Waals surface area contributed by atoms with Gasteiger partial charge in [0.2, 0.25) is 10.0 Å². The van der Waals surface area contributed by atoms with Gasteiger partial charge in [0.25, 0.3) is 0 Å². The van der Waals surface area contributed by atoms with Crippen LogP contribution in [-0.4, -0.2) is 14.5 Å². The van der Waals surface area contributed by atoms with Gasteiger partial charge in [-0.1, -0.05) is 35.3 Å². The largest absolute Gasteiger partial charge is 0.240 e. The van der Waals surface area contributed by atoms with Crippen molar-refractivity contribution < 1.29 is 8.42 Å². The summed E-state index contributed by atoms with van der Waals surface area (Å²) in [6.45, 7) is 3.91. The van der Waals surface area contributed by atoms with Crippen molar-refractivity contribution in [3.8, 4) is 0 Å². The number of halogens is 1. The van der Waals surface area contributed by atoms with Crippen molar-refractivity contribution in [1.29, 1.82) is 0 Å². The molecule has 0 spiro atoms. The molecule has 1 atom stereocenters. The van der Waals surface area contributed by atoms with E-state index in [2.05, 4.69) is 20.7 Å². The molecule has 1 aromatic rings. The van der Waals surface area contributed by atoms with Crippen LogP contribution >= 0.6 is 15.9 Å². The number of benzene rings is 1. The van der Waals surface area contributed by atoms with Crippen molar-refractivity contribution in [3.05, 3.63) is 28.7 Å². The highest BCUT2D eigenvalue weighted by atomic mass is 79.9. The second-order valence-electron chi connectivity index (χ2n) is 3.77. The van der Waals surface area contributed by atoms with Crippen LogP contribution in [0.1, 0.15) is 26.7 Å². The van der Waals surface area contributed by atoms with E-state index in [0.717, 1.165) is 17.3 Å². The molecule has 0 aliphatic carbocycles. The van der Waals surface area contributed by atoms with E-state index in [1.807, 2.05) is 13.8 Å². The molecule has 1 rings (SSSR count). The minimum absolute atomic E-state index is 0.0334. The van der Waals surface area contributed by atoms with Crippen LogP contribution in [-0.2, 0) is 10.0 Å². The average Bonchev–Trinajstić information content (AvgIpc) is 2.17. The van der Waals surface area contributed by atoms with Crippen LogP contribution in [0.5, 0.6) is 0 Å². The zero-order chi connectivity index (χ0) is 12.2. The Morgan fingerprint density at radius 2 is 2.12 bits per heavy atom. The molecule has 0 fully saturated rings. The molecule has 0 unspecified atom stereocenters. The van der Waals surface area contributed by atoms with Crippen LogP contribution in [0.3, 0.4) is 0 Å². The molecular formula is C11H16BrNO2S. The van der Waals surface area contributed by atoms with Crippen molar-refractivity contribution in [2.45, 2.75) is 37.6 Å². The Morgan fingerprint density at radius 1 is 1.44 bits per heavy atom. The van der Waals surface area contributed by atoms with Crippen molar-refractivity contribution in [3.63, 3.8) is 0 Å². The Balaban J connectivity index is 2.86. The van der Waals surface area contributed by atoms with Gasteiger partial charge in [0.1, 0.15) is 0 Å². The van der Waals surface area contributed by atoms with Gasteiger partial charge in [0.15, 0.2) is 0 Å². The van der Waals surface area contributed by atoms with E-state index in [4.69, 9.17) is 0 Å². The van der Waals surface area contributed by atoms with E-state index in [-0.39, 0.29) is 6.04 Å². The van der Waals surface area contributed by atoms with E-state index in [1.54, 1.807) is 24.3 Å². The SMILES string of the molecule is CCC[C@H](C)NS(=O)(=O)c1cccc(Br)c1. The Kier molecular flexibility index (Phi) is 4.95. The standard InChI is InChI=1S/C11H16BrNO2S/c1-3-5-9(2)13-16(14,15)11-7-4-6-10(12)8-11/h4,6-9,13H,3,5H2,1-2H3/t9-/m0/s1. The molecular weight excluding hydrogens is 290 g/mol. The fourth-order valence-corrected chi connectivity index (χ4v) is 3.33. The number of nitrogens with one attached hydrogen (secondary N) is 1. The molecule has 0 saturated heterocycles. The molecule has 16 heavy (non-hydrogen) atoms. The number of hydrogen-bond donors (Lipinski definition) is 1. The monoisotopic (exact) mass is 305 g/mol. The van der Waals surface area contributed by atoms with E-state index >= 15 is 0 Å². The number of hydrogen-bond acceptors (Lipinski definition) is 2. The smallest absolute Gasteiger partial charge is 0.208 e. The van der Waals surface area contributed by atoms with Crippen LogP contribution in [0, 0.1) is 0 Å². The summed E-state index contributed by atoms with van der Waals surface area (Å²) in [4.78, 5) is 0.296. The first-order valence-electron chi connectivity index (χ1n) is 5.23. The molecule has 0 aliphatic heterocycles. The highest BCUT2D eigenvalue weighted by molar-refractivity contribution is 9.10. The third kappa shape index (κ3) is 3.88. The Labute approximate surface area is 105 Å². The maximum absolute atomic E-state index is 11.9. The highest BCUT2D eigenvalue weighted by Crippen LogP contribution is 2.16. The summed E-state index contributed by atoms with van der Waals surface area (Å²) in [6.07, 6.45) is 1.80. The second kappa shape index (κ2) is 5.80. The van der Waals surface area contributed by atoms with Gasteiger partial charge in [-0.15, -0.1) is 0 Å². The van der Waals surface area contributed by atoms with Crippen molar-refractivity contribution in [2.24, 2.45) is 0 Å². The quantitative estimate of drug-likeness (QED) is 0.909. The summed E-state index contributed by atoms with van der Waals surface area (Å²) in [7, 11) is -3.38. The Bertz CT molecular complexity index is 445. The van der Waals surface area contributed by atoms with Gasteiger partial charge in [0.05, 0.1) is 4.90 Å². The van der Waals surface area contributed by atoms with Crippen molar-refractivity contribution in [1.82, 2.24) is 4.72 Å². The topological polar surface area (TPSA) is 46.2 Å². The first-order chi connectivity index (χ1) is 7.45. The van der Waals surface area contributed by atoms with Crippen molar-refractivity contribution >= 4 is 26.0 Å². The zero-order valence-electron chi connectivity index (χ0n) is 9.40. The summed E-state index contributed by atoms with van der Waals surface area (Å²) in [6, 6.07) is 6.67. The molecule has 0 aromatic heterocycles. The molecule has 0 saturated carbocycles. The van der Waals surface area contributed by atoms with Crippen LogP contribution < -0.4 is 4.72 Å². The molecule has 0 aliphatic rings. The van der Waals surface area contributed by atoms with E-state index in [0.29, 0.717) is 4.90 Å². The van der Waals surface area contributed by atoms with Gasteiger partial charge >= 0.3 is 0 Å². The Hall–Kier alpha value is -0.390. The minimum atomic E-state index is -3.38. The van der Waals surface area contributed by atoms with E-state index in [1.165, 1.54) is 0 Å². The molecule has 0 bridgehead atoms. The lowest BCUT2D eigenvalue weighted by molar-refractivity contribution is 0.544. The molecule has 0 heterocycles. The molecule has 90 valence electrons. The molecule has 0 radical (unpaired) electrons. The highest BCUT2D eigenvalue weighted by Gasteiger charge is 2.16. The molecule has 1 N–H and O–H groups in total. The molecule has 5 heteroatoms. The van der Waals surface area contributed by atoms with Crippen molar-refractivity contribution in [2.75, 3.05) is 0 Å². The summed E-state index contributed by atoms with van der Waals surface area (Å²) in [5.74, 6) is 0. The van der Waals surface area contributed by atoms with Crippen LogP contribution in [0.15, 0.2) is 33.6 Å². The van der Waals surface area contributed by atoms with Crippen LogP contribution in [0.4, 0.5) is 0 Å². The first-order valence-corrected chi connectivity index (χ1v) is 7.51. The maximum Gasteiger partial charge on any atom is 0.240 e. The van der Waals surface area contributed by atoms with Gasteiger partial charge in [0, 0.05) is 10.5 Å². The lowest BCUT2D eigenvalue weighted by atomic mass is 10.2. The Morgan fingerprint density at radius 3 is 2.69 bits per heavy atom. The molecule has 0 amide bonds. The van der Waals surface area contributed by atoms with Crippen LogP contribution in [0.25, 0.3) is 0 Å².